The van der Waals surface area contributed by atoms with Crippen LogP contribution in [0.4, 0.5) is 4.39 Å². The molecule has 0 fully saturated rings. The van der Waals surface area contributed by atoms with Crippen molar-refractivity contribution in [1.82, 2.24) is 14.9 Å². The SMILES string of the molecule is O=S(=O)(NCc1ccccc1)c1cc(-c2nc(-c3cccc(F)c3)no2)cs1. The van der Waals surface area contributed by atoms with Gasteiger partial charge >= 0.3 is 0 Å². The number of halogens is 1. The van der Waals surface area contributed by atoms with Crippen molar-refractivity contribution in [2.45, 2.75) is 10.8 Å². The van der Waals surface area contributed by atoms with Crippen molar-refractivity contribution in [2.75, 3.05) is 0 Å². The van der Waals surface area contributed by atoms with E-state index >= 15 is 0 Å². The first-order valence-corrected chi connectivity index (χ1v) is 10.6. The normalized spacial score (nSPS) is 11.6. The van der Waals surface area contributed by atoms with Crippen LogP contribution in [-0.4, -0.2) is 18.6 Å². The van der Waals surface area contributed by atoms with E-state index in [1.165, 1.54) is 18.2 Å². The highest BCUT2D eigenvalue weighted by molar-refractivity contribution is 7.91. The molecule has 6 nitrogen and oxygen atoms in total. The quantitative estimate of drug-likeness (QED) is 0.513. The zero-order valence-corrected chi connectivity index (χ0v) is 16.0. The molecule has 9 heteroatoms. The van der Waals surface area contributed by atoms with Gasteiger partial charge in [0.25, 0.3) is 5.89 Å². The second-order valence-electron chi connectivity index (χ2n) is 5.90. The molecule has 0 unspecified atom stereocenters. The first-order chi connectivity index (χ1) is 13.5. The Balaban J connectivity index is 1.53. The van der Waals surface area contributed by atoms with Gasteiger partial charge in [-0.25, -0.2) is 17.5 Å². The lowest BCUT2D eigenvalue weighted by molar-refractivity contribution is 0.432. The predicted molar refractivity (Wildman–Crippen MR) is 103 cm³/mol. The highest BCUT2D eigenvalue weighted by atomic mass is 32.2. The molecule has 2 aromatic heterocycles. The molecule has 2 heterocycles. The van der Waals surface area contributed by atoms with Crippen molar-refractivity contribution in [3.63, 3.8) is 0 Å². The Labute approximate surface area is 164 Å². The summed E-state index contributed by atoms with van der Waals surface area (Å²) in [5.41, 5.74) is 1.82. The molecule has 0 aliphatic heterocycles. The van der Waals surface area contributed by atoms with Gasteiger partial charge in [-0.2, -0.15) is 4.98 Å². The fraction of sp³-hybridized carbons (Fsp3) is 0.0526. The van der Waals surface area contributed by atoms with Crippen LogP contribution in [0.25, 0.3) is 22.8 Å². The van der Waals surface area contributed by atoms with Crippen LogP contribution in [0.3, 0.4) is 0 Å². The van der Waals surface area contributed by atoms with Crippen LogP contribution >= 0.6 is 11.3 Å². The van der Waals surface area contributed by atoms with Crippen molar-refractivity contribution in [3.8, 4) is 22.8 Å². The van der Waals surface area contributed by atoms with Crippen molar-refractivity contribution in [1.29, 1.82) is 0 Å². The number of rotatable bonds is 6. The molecule has 0 radical (unpaired) electrons. The maximum Gasteiger partial charge on any atom is 0.259 e. The van der Waals surface area contributed by atoms with Gasteiger partial charge in [0.05, 0.1) is 5.56 Å². The minimum absolute atomic E-state index is 0.143. The molecule has 0 aliphatic rings. The van der Waals surface area contributed by atoms with Gasteiger partial charge in [0.1, 0.15) is 10.0 Å². The third-order valence-electron chi connectivity index (χ3n) is 3.91. The standard InChI is InChI=1S/C19H14FN3O3S2/c20-16-8-4-7-14(9-16)18-22-19(26-23-18)15-10-17(27-12-15)28(24,25)21-11-13-5-2-1-3-6-13/h1-10,12,21H,11H2. The molecular formula is C19H14FN3O3S2. The van der Waals surface area contributed by atoms with Gasteiger partial charge < -0.3 is 4.52 Å². The van der Waals surface area contributed by atoms with Crippen LogP contribution in [-0.2, 0) is 16.6 Å². The Morgan fingerprint density at radius 1 is 1.04 bits per heavy atom. The molecule has 142 valence electrons. The van der Waals surface area contributed by atoms with Gasteiger partial charge in [0.15, 0.2) is 0 Å². The number of hydrogen-bond donors (Lipinski definition) is 1. The second-order valence-corrected chi connectivity index (χ2v) is 8.80. The van der Waals surface area contributed by atoms with E-state index in [1.54, 1.807) is 17.5 Å². The number of hydrogen-bond acceptors (Lipinski definition) is 6. The van der Waals surface area contributed by atoms with Crippen molar-refractivity contribution >= 4 is 21.4 Å². The first kappa shape index (κ1) is 18.5. The summed E-state index contributed by atoms with van der Waals surface area (Å²) in [6, 6.07) is 16.5. The van der Waals surface area contributed by atoms with Gasteiger partial charge in [-0.15, -0.1) is 11.3 Å². The minimum atomic E-state index is -3.67. The molecule has 0 atom stereocenters. The largest absolute Gasteiger partial charge is 0.334 e. The number of benzene rings is 2. The third kappa shape index (κ3) is 4.01. The summed E-state index contributed by atoms with van der Waals surface area (Å²) < 4.78 is 46.3. The highest BCUT2D eigenvalue weighted by Crippen LogP contribution is 2.29. The van der Waals surface area contributed by atoms with E-state index in [0.29, 0.717) is 11.1 Å². The minimum Gasteiger partial charge on any atom is -0.334 e. The van der Waals surface area contributed by atoms with E-state index in [2.05, 4.69) is 14.9 Å². The van der Waals surface area contributed by atoms with Crippen LogP contribution in [0.1, 0.15) is 5.56 Å². The average Bonchev–Trinajstić information content (AvgIpc) is 3.37. The molecule has 2 aromatic carbocycles. The Hall–Kier alpha value is -2.88. The summed E-state index contributed by atoms with van der Waals surface area (Å²) in [6.45, 7) is 0.195. The monoisotopic (exact) mass is 415 g/mol. The van der Waals surface area contributed by atoms with Crippen LogP contribution in [0, 0.1) is 5.82 Å². The molecule has 0 saturated carbocycles. The number of aromatic nitrogens is 2. The van der Waals surface area contributed by atoms with E-state index in [-0.39, 0.29) is 22.5 Å². The van der Waals surface area contributed by atoms with Crippen LogP contribution in [0.2, 0.25) is 0 Å². The van der Waals surface area contributed by atoms with E-state index in [9.17, 15) is 12.8 Å². The Morgan fingerprint density at radius 2 is 1.86 bits per heavy atom. The topological polar surface area (TPSA) is 85.1 Å². The summed E-state index contributed by atoms with van der Waals surface area (Å²) in [7, 11) is -3.67. The lowest BCUT2D eigenvalue weighted by Crippen LogP contribution is -2.22. The zero-order valence-electron chi connectivity index (χ0n) is 14.4. The Bertz CT molecular complexity index is 1200. The first-order valence-electron chi connectivity index (χ1n) is 8.23. The Kier molecular flexibility index (Phi) is 5.03. The van der Waals surface area contributed by atoms with E-state index in [0.717, 1.165) is 16.9 Å². The molecule has 4 aromatic rings. The molecule has 4 rings (SSSR count). The molecule has 28 heavy (non-hydrogen) atoms. The second kappa shape index (κ2) is 7.63. The van der Waals surface area contributed by atoms with Crippen LogP contribution < -0.4 is 4.72 Å². The summed E-state index contributed by atoms with van der Waals surface area (Å²) in [5.74, 6) is -0.00964. The van der Waals surface area contributed by atoms with E-state index in [1.807, 2.05) is 30.3 Å². The van der Waals surface area contributed by atoms with Crippen molar-refractivity contribution in [2.24, 2.45) is 0 Å². The molecule has 0 spiro atoms. The fourth-order valence-corrected chi connectivity index (χ4v) is 4.72. The van der Waals surface area contributed by atoms with E-state index < -0.39 is 15.8 Å². The average molecular weight is 415 g/mol. The molecule has 0 aliphatic carbocycles. The number of nitrogens with one attached hydrogen (secondary N) is 1. The van der Waals surface area contributed by atoms with Crippen LogP contribution in [0.5, 0.6) is 0 Å². The maximum atomic E-state index is 13.4. The summed E-state index contributed by atoms with van der Waals surface area (Å²) in [6.07, 6.45) is 0. The number of sulfonamides is 1. The summed E-state index contributed by atoms with van der Waals surface area (Å²) >= 11 is 1.06. The smallest absolute Gasteiger partial charge is 0.259 e. The molecule has 1 N–H and O–H groups in total. The Morgan fingerprint density at radius 3 is 2.64 bits per heavy atom. The fourth-order valence-electron chi connectivity index (χ4n) is 2.50. The van der Waals surface area contributed by atoms with Crippen molar-refractivity contribution in [3.05, 3.63) is 77.4 Å². The molecule has 0 saturated heterocycles. The lowest BCUT2D eigenvalue weighted by atomic mass is 10.2. The van der Waals surface area contributed by atoms with Gasteiger partial charge in [-0.1, -0.05) is 47.6 Å². The van der Waals surface area contributed by atoms with Crippen LogP contribution in [0.15, 0.2) is 74.8 Å². The maximum absolute atomic E-state index is 13.4. The van der Waals surface area contributed by atoms with Gasteiger partial charge in [-0.05, 0) is 23.8 Å². The summed E-state index contributed by atoms with van der Waals surface area (Å²) in [5, 5.41) is 5.46. The molecular weight excluding hydrogens is 401 g/mol. The highest BCUT2D eigenvalue weighted by Gasteiger charge is 2.19. The van der Waals surface area contributed by atoms with E-state index in [4.69, 9.17) is 4.52 Å². The number of thiophene rings is 1. The van der Waals surface area contributed by atoms with Gasteiger partial charge in [-0.3, -0.25) is 0 Å². The summed E-state index contributed by atoms with van der Waals surface area (Å²) in [4.78, 5) is 4.23. The van der Waals surface area contributed by atoms with Crippen molar-refractivity contribution < 1.29 is 17.3 Å². The van der Waals surface area contributed by atoms with Gasteiger partial charge in [0, 0.05) is 17.5 Å². The van der Waals surface area contributed by atoms with Gasteiger partial charge in [0.2, 0.25) is 15.8 Å². The molecule has 0 amide bonds. The number of nitrogens with zero attached hydrogens (tertiary/aromatic N) is 2. The third-order valence-corrected chi connectivity index (χ3v) is 6.75. The molecule has 0 bridgehead atoms. The zero-order chi connectivity index (χ0) is 19.6. The predicted octanol–water partition coefficient (Wildman–Crippen LogP) is 4.08. The lowest BCUT2D eigenvalue weighted by Gasteiger charge is -2.04.